The molecule has 0 unspecified atom stereocenters. The van der Waals surface area contributed by atoms with Gasteiger partial charge >= 0.3 is 0 Å². The molecule has 23 heavy (non-hydrogen) atoms. The van der Waals surface area contributed by atoms with Gasteiger partial charge in [-0.3, -0.25) is 4.79 Å². The van der Waals surface area contributed by atoms with Crippen LogP contribution in [0.2, 0.25) is 0 Å². The van der Waals surface area contributed by atoms with Crippen molar-refractivity contribution < 1.29 is 9.18 Å². The minimum atomic E-state index is -0.323. The van der Waals surface area contributed by atoms with Gasteiger partial charge in [0.15, 0.2) is 5.78 Å². The monoisotopic (exact) mass is 307 g/mol. The third-order valence-corrected chi connectivity index (χ3v) is 3.89. The van der Waals surface area contributed by atoms with E-state index < -0.39 is 0 Å². The maximum absolute atomic E-state index is 12.8. The fourth-order valence-corrected chi connectivity index (χ4v) is 2.65. The molecule has 0 saturated carbocycles. The van der Waals surface area contributed by atoms with Crippen molar-refractivity contribution in [2.24, 2.45) is 0 Å². The van der Waals surface area contributed by atoms with E-state index in [1.807, 2.05) is 18.2 Å². The molecule has 0 spiro atoms. The quantitative estimate of drug-likeness (QED) is 0.542. The summed E-state index contributed by atoms with van der Waals surface area (Å²) in [6, 6.07) is 20.2. The zero-order valence-electron chi connectivity index (χ0n) is 12.8. The van der Waals surface area contributed by atoms with Crippen molar-refractivity contribution in [1.29, 1.82) is 0 Å². The van der Waals surface area contributed by atoms with E-state index in [1.54, 1.807) is 0 Å². The number of nitrogens with one attached hydrogen (secondary N) is 1. The first-order valence-electron chi connectivity index (χ1n) is 7.70. The number of rotatable bonds is 6. The van der Waals surface area contributed by atoms with Gasteiger partial charge in [-0.1, -0.05) is 42.5 Å². The van der Waals surface area contributed by atoms with Gasteiger partial charge < -0.3 is 5.32 Å². The van der Waals surface area contributed by atoms with Crippen molar-refractivity contribution in [1.82, 2.24) is 5.32 Å². The van der Waals surface area contributed by atoms with Gasteiger partial charge in [0.05, 0.1) is 0 Å². The number of benzene rings is 3. The molecule has 0 aliphatic heterocycles. The average molecular weight is 307 g/mol. The average Bonchev–Trinajstić information content (AvgIpc) is 2.59. The highest BCUT2D eigenvalue weighted by Gasteiger charge is 2.06. The molecule has 0 heterocycles. The molecule has 2 nitrogen and oxygen atoms in total. The van der Waals surface area contributed by atoms with Gasteiger partial charge in [-0.05, 0) is 40.6 Å². The van der Waals surface area contributed by atoms with Gasteiger partial charge in [-0.25, -0.2) is 4.39 Å². The molecule has 3 aromatic carbocycles. The summed E-state index contributed by atoms with van der Waals surface area (Å²) in [6.45, 7) is 1.32. The highest BCUT2D eigenvalue weighted by molar-refractivity contribution is 5.96. The second kappa shape index (κ2) is 7.16. The van der Waals surface area contributed by atoms with Crippen molar-refractivity contribution in [2.45, 2.75) is 13.0 Å². The maximum atomic E-state index is 12.8. The van der Waals surface area contributed by atoms with Gasteiger partial charge in [-0.2, -0.15) is 0 Å². The number of carbonyl (C=O) groups excluding carboxylic acids is 1. The molecule has 0 aromatic heterocycles. The highest BCUT2D eigenvalue weighted by atomic mass is 19.1. The molecule has 116 valence electrons. The van der Waals surface area contributed by atoms with E-state index >= 15 is 0 Å². The summed E-state index contributed by atoms with van der Waals surface area (Å²) in [7, 11) is 0. The Bertz CT molecular complexity index is 806. The van der Waals surface area contributed by atoms with E-state index in [1.165, 1.54) is 40.6 Å². The van der Waals surface area contributed by atoms with E-state index in [9.17, 15) is 9.18 Å². The van der Waals surface area contributed by atoms with Crippen LogP contribution in [0.4, 0.5) is 4.39 Å². The summed E-state index contributed by atoms with van der Waals surface area (Å²) < 4.78 is 12.8. The predicted molar refractivity (Wildman–Crippen MR) is 91.0 cm³/mol. The summed E-state index contributed by atoms with van der Waals surface area (Å²) >= 11 is 0. The molecule has 3 rings (SSSR count). The lowest BCUT2D eigenvalue weighted by atomic mass is 10.0. The topological polar surface area (TPSA) is 29.1 Å². The Kier molecular flexibility index (Phi) is 4.79. The molecule has 1 N–H and O–H groups in total. The lowest BCUT2D eigenvalue weighted by molar-refractivity contribution is 0.0982. The van der Waals surface area contributed by atoms with Crippen LogP contribution in [0.25, 0.3) is 10.8 Å². The molecule has 0 fully saturated rings. The van der Waals surface area contributed by atoms with E-state index in [0.717, 1.165) is 6.54 Å². The summed E-state index contributed by atoms with van der Waals surface area (Å²) in [5, 5.41) is 5.76. The van der Waals surface area contributed by atoms with Crippen LogP contribution in [-0.4, -0.2) is 12.3 Å². The molecule has 0 atom stereocenters. The Morgan fingerprint density at radius 2 is 1.65 bits per heavy atom. The Balaban J connectivity index is 1.55. The molecule has 0 saturated heterocycles. The SMILES string of the molecule is O=C(CCNCc1cccc2ccccc12)c1ccc(F)cc1. The highest BCUT2D eigenvalue weighted by Crippen LogP contribution is 2.18. The van der Waals surface area contributed by atoms with Crippen LogP contribution in [0.1, 0.15) is 22.3 Å². The maximum Gasteiger partial charge on any atom is 0.164 e. The van der Waals surface area contributed by atoms with Crippen LogP contribution in [0.15, 0.2) is 66.7 Å². The molecule has 0 amide bonds. The largest absolute Gasteiger partial charge is 0.312 e. The van der Waals surface area contributed by atoms with Crippen molar-refractivity contribution in [3.8, 4) is 0 Å². The third kappa shape index (κ3) is 3.82. The van der Waals surface area contributed by atoms with Crippen LogP contribution in [0.3, 0.4) is 0 Å². The second-order valence-corrected chi connectivity index (χ2v) is 5.50. The van der Waals surface area contributed by atoms with Crippen molar-refractivity contribution >= 4 is 16.6 Å². The summed E-state index contributed by atoms with van der Waals surface area (Å²) in [6.07, 6.45) is 0.399. The van der Waals surface area contributed by atoms with Crippen LogP contribution in [-0.2, 0) is 6.54 Å². The van der Waals surface area contributed by atoms with E-state index in [2.05, 4.69) is 29.6 Å². The molecular formula is C20H18FNO. The molecule has 0 aliphatic carbocycles. The smallest absolute Gasteiger partial charge is 0.164 e. The van der Waals surface area contributed by atoms with Crippen molar-refractivity contribution in [3.63, 3.8) is 0 Å². The number of carbonyl (C=O) groups is 1. The van der Waals surface area contributed by atoms with Crippen molar-refractivity contribution in [3.05, 3.63) is 83.7 Å². The first-order chi connectivity index (χ1) is 11.2. The van der Waals surface area contributed by atoms with Gasteiger partial charge in [0.2, 0.25) is 0 Å². The number of Topliss-reactive ketones (excluding diaryl/α,β-unsaturated/α-hetero) is 1. The molecule has 3 aromatic rings. The minimum Gasteiger partial charge on any atom is -0.312 e. The van der Waals surface area contributed by atoms with Crippen LogP contribution in [0, 0.1) is 5.82 Å². The zero-order chi connectivity index (χ0) is 16.1. The number of fused-ring (bicyclic) bond motifs is 1. The number of halogens is 1. The first-order valence-corrected chi connectivity index (χ1v) is 7.70. The van der Waals surface area contributed by atoms with Crippen LogP contribution in [0.5, 0.6) is 0 Å². The third-order valence-electron chi connectivity index (χ3n) is 3.89. The minimum absolute atomic E-state index is 0.0235. The standard InChI is InChI=1S/C20H18FNO/c21-18-10-8-16(9-11-18)20(23)12-13-22-14-17-6-3-5-15-4-1-2-7-19(15)17/h1-11,22H,12-14H2. The van der Waals surface area contributed by atoms with Crippen molar-refractivity contribution in [2.75, 3.05) is 6.54 Å². The molecule has 0 bridgehead atoms. The Hall–Kier alpha value is -2.52. The van der Waals surface area contributed by atoms with Gasteiger partial charge in [0.25, 0.3) is 0 Å². The first kappa shape index (κ1) is 15.4. The summed E-state index contributed by atoms with van der Waals surface area (Å²) in [4.78, 5) is 12.0. The van der Waals surface area contributed by atoms with E-state index in [4.69, 9.17) is 0 Å². The van der Waals surface area contributed by atoms with Crippen LogP contribution >= 0.6 is 0 Å². The van der Waals surface area contributed by atoms with E-state index in [-0.39, 0.29) is 11.6 Å². The molecule has 3 heteroatoms. The molecular weight excluding hydrogens is 289 g/mol. The predicted octanol–water partition coefficient (Wildman–Crippen LogP) is 4.34. The Labute approximate surface area is 135 Å². The molecule has 0 aliphatic rings. The lowest BCUT2D eigenvalue weighted by Gasteiger charge is -2.08. The van der Waals surface area contributed by atoms with Gasteiger partial charge in [-0.15, -0.1) is 0 Å². The zero-order valence-corrected chi connectivity index (χ0v) is 12.8. The summed E-state index contributed by atoms with van der Waals surface area (Å²) in [5.41, 5.74) is 1.77. The Morgan fingerprint density at radius 3 is 2.48 bits per heavy atom. The number of hydrogen-bond donors (Lipinski definition) is 1. The van der Waals surface area contributed by atoms with Gasteiger partial charge in [0.1, 0.15) is 5.82 Å². The lowest BCUT2D eigenvalue weighted by Crippen LogP contribution is -2.18. The van der Waals surface area contributed by atoms with Gasteiger partial charge in [0, 0.05) is 25.1 Å². The fourth-order valence-electron chi connectivity index (χ4n) is 2.65. The normalized spacial score (nSPS) is 10.8. The van der Waals surface area contributed by atoms with E-state index in [0.29, 0.717) is 18.5 Å². The number of hydrogen-bond acceptors (Lipinski definition) is 2. The van der Waals surface area contributed by atoms with Crippen LogP contribution < -0.4 is 5.32 Å². The Morgan fingerprint density at radius 1 is 0.913 bits per heavy atom. The number of ketones is 1. The fraction of sp³-hybridized carbons (Fsp3) is 0.150. The summed E-state index contributed by atoms with van der Waals surface area (Å²) in [5.74, 6) is -0.300. The second-order valence-electron chi connectivity index (χ2n) is 5.50. The molecule has 0 radical (unpaired) electrons.